The lowest BCUT2D eigenvalue weighted by Gasteiger charge is -2.11. The summed E-state index contributed by atoms with van der Waals surface area (Å²) in [4.78, 5) is 2.13. The normalized spacial score (nSPS) is 11.7. The molecule has 0 fully saturated rings. The van der Waals surface area contributed by atoms with E-state index in [0.717, 1.165) is 6.54 Å². The van der Waals surface area contributed by atoms with Crippen molar-refractivity contribution in [2.45, 2.75) is 103 Å². The van der Waals surface area contributed by atoms with Crippen molar-refractivity contribution in [1.29, 1.82) is 0 Å². The molecular weight excluding hydrogens is 536 g/mol. The number of fused-ring (bicyclic) bond motifs is 1. The van der Waals surface area contributed by atoms with Gasteiger partial charge in [0.25, 0.3) is 5.69 Å². The van der Waals surface area contributed by atoms with Gasteiger partial charge in [0.15, 0.2) is 17.2 Å². The highest BCUT2D eigenvalue weighted by molar-refractivity contribution is 5.76. The van der Waals surface area contributed by atoms with E-state index in [1.165, 1.54) is 129 Å². The number of pyridine rings is 1. The molecule has 2 aromatic carbocycles. The van der Waals surface area contributed by atoms with Gasteiger partial charge in [-0.05, 0) is 48.2 Å². The Morgan fingerprint density at radius 3 is 1.84 bits per heavy atom. The number of hydrogen-bond acceptors (Lipinski definition) is 1. The number of imidazole rings is 1. The van der Waals surface area contributed by atoms with Crippen molar-refractivity contribution in [2.75, 3.05) is 19.0 Å². The minimum absolute atomic E-state index is 1.05. The molecule has 0 bridgehead atoms. The third-order valence-electron chi connectivity index (χ3n) is 9.12. The van der Waals surface area contributed by atoms with Gasteiger partial charge in [0.05, 0.1) is 13.6 Å². The summed E-state index contributed by atoms with van der Waals surface area (Å²) in [5, 5.41) is 0. The molecule has 0 N–H and O–H groups in total. The first-order chi connectivity index (χ1) is 21.5. The molecule has 0 unspecified atom stereocenters. The molecule has 4 rings (SSSR count). The highest BCUT2D eigenvalue weighted by atomic mass is 15.2. The number of aromatic nitrogens is 3. The molecule has 4 nitrogen and oxygen atoms in total. The molecule has 0 aliphatic carbocycles. The van der Waals surface area contributed by atoms with Crippen molar-refractivity contribution in [3.63, 3.8) is 0 Å². The lowest BCUT2D eigenvalue weighted by Crippen LogP contribution is -2.38. The van der Waals surface area contributed by atoms with Gasteiger partial charge in [0, 0.05) is 31.9 Å². The van der Waals surface area contributed by atoms with Crippen molar-refractivity contribution in [3.05, 3.63) is 78.0 Å². The fourth-order valence-electron chi connectivity index (χ4n) is 6.37. The van der Waals surface area contributed by atoms with Gasteiger partial charge >= 0.3 is 5.82 Å². The summed E-state index contributed by atoms with van der Waals surface area (Å²) in [6.45, 7) is 3.35. The summed E-state index contributed by atoms with van der Waals surface area (Å²) in [7, 11) is 8.54. The molecule has 0 amide bonds. The number of aryl methyl sites for hydroxylation is 3. The first-order valence-electron chi connectivity index (χ1n) is 17.4. The van der Waals surface area contributed by atoms with Gasteiger partial charge in [0.2, 0.25) is 0 Å². The lowest BCUT2D eigenvalue weighted by molar-refractivity contribution is -0.680. The minimum Gasteiger partial charge on any atom is -0.378 e. The van der Waals surface area contributed by atoms with Gasteiger partial charge in [0.1, 0.15) is 7.05 Å². The number of nitrogens with zero attached hydrogens (tertiary/aromatic N) is 4. The van der Waals surface area contributed by atoms with Crippen molar-refractivity contribution < 1.29 is 9.13 Å². The molecular formula is C40H58N4+2. The van der Waals surface area contributed by atoms with Gasteiger partial charge in [-0.1, -0.05) is 120 Å². The molecule has 4 aromatic rings. The highest BCUT2D eigenvalue weighted by Gasteiger charge is 2.30. The molecule has 4 heteroatoms. The van der Waals surface area contributed by atoms with Crippen LogP contribution in [0.4, 0.5) is 5.69 Å². The lowest BCUT2D eigenvalue weighted by atomic mass is 10.0. The Morgan fingerprint density at radius 1 is 0.659 bits per heavy atom. The number of benzene rings is 2. The first kappa shape index (κ1) is 33.5. The van der Waals surface area contributed by atoms with Crippen LogP contribution >= 0.6 is 0 Å². The van der Waals surface area contributed by atoms with Crippen molar-refractivity contribution in [1.82, 2.24) is 4.57 Å². The zero-order valence-corrected chi connectivity index (χ0v) is 28.4. The number of rotatable bonds is 19. The van der Waals surface area contributed by atoms with E-state index in [2.05, 4.69) is 133 Å². The molecule has 0 saturated carbocycles. The molecule has 0 aliphatic rings. The molecule has 0 aliphatic heterocycles. The smallest absolute Gasteiger partial charge is 0.355 e. The fraction of sp³-hybridized carbons (Fsp3) is 0.500. The van der Waals surface area contributed by atoms with E-state index in [-0.39, 0.29) is 0 Å². The molecule has 0 atom stereocenters. The van der Waals surface area contributed by atoms with E-state index in [0.29, 0.717) is 0 Å². The zero-order chi connectivity index (χ0) is 31.1. The van der Waals surface area contributed by atoms with Crippen LogP contribution in [0, 0.1) is 0 Å². The van der Waals surface area contributed by atoms with Gasteiger partial charge < -0.3 is 4.90 Å². The first-order valence-corrected chi connectivity index (χ1v) is 17.4. The van der Waals surface area contributed by atoms with Crippen LogP contribution in [0.1, 0.15) is 108 Å². The van der Waals surface area contributed by atoms with Crippen molar-refractivity contribution in [3.8, 4) is 11.5 Å². The van der Waals surface area contributed by atoms with Crippen LogP contribution in [0.15, 0.2) is 66.9 Å². The molecule has 0 saturated heterocycles. The SMILES string of the molecule is CCCCCCCCCCCCCCCCn1c(-c2cc(/C=C\c3ccc(N(C)C)cc3)cc[n+]2C)[n+](C)c2ccccc21. The zero-order valence-electron chi connectivity index (χ0n) is 28.4. The minimum atomic E-state index is 1.05. The number of hydrogen-bond donors (Lipinski definition) is 0. The summed E-state index contributed by atoms with van der Waals surface area (Å²) in [5.74, 6) is 1.27. The van der Waals surface area contributed by atoms with E-state index in [1.807, 2.05) is 0 Å². The van der Waals surface area contributed by atoms with Crippen LogP contribution in [-0.4, -0.2) is 18.7 Å². The van der Waals surface area contributed by atoms with E-state index in [1.54, 1.807) is 0 Å². The van der Waals surface area contributed by atoms with Crippen LogP contribution < -0.4 is 14.0 Å². The summed E-state index contributed by atoms with van der Waals surface area (Å²) in [5.41, 5.74) is 7.48. The van der Waals surface area contributed by atoms with E-state index in [4.69, 9.17) is 0 Å². The van der Waals surface area contributed by atoms with Gasteiger partial charge in [-0.25, -0.2) is 9.13 Å². The Labute approximate surface area is 268 Å². The largest absolute Gasteiger partial charge is 0.378 e. The van der Waals surface area contributed by atoms with E-state index >= 15 is 0 Å². The summed E-state index contributed by atoms with van der Waals surface area (Å²) in [6, 6.07) is 22.1. The maximum Gasteiger partial charge on any atom is 0.355 e. The van der Waals surface area contributed by atoms with Gasteiger partial charge in [-0.2, -0.15) is 4.57 Å². The third kappa shape index (κ3) is 9.55. The Kier molecular flexibility index (Phi) is 13.5. The number of para-hydroxylation sites is 2. The molecule has 44 heavy (non-hydrogen) atoms. The number of anilines is 1. The summed E-state index contributed by atoms with van der Waals surface area (Å²) in [6.07, 6.45) is 26.1. The molecule has 2 heterocycles. The second kappa shape index (κ2) is 17.8. The predicted molar refractivity (Wildman–Crippen MR) is 190 cm³/mol. The fourth-order valence-corrected chi connectivity index (χ4v) is 6.37. The van der Waals surface area contributed by atoms with Crippen LogP contribution in [0.5, 0.6) is 0 Å². The van der Waals surface area contributed by atoms with Gasteiger partial charge in [-0.15, -0.1) is 0 Å². The van der Waals surface area contributed by atoms with Crippen molar-refractivity contribution in [2.24, 2.45) is 14.1 Å². The molecule has 236 valence electrons. The van der Waals surface area contributed by atoms with Crippen LogP contribution in [-0.2, 0) is 20.6 Å². The van der Waals surface area contributed by atoms with Crippen molar-refractivity contribution >= 4 is 28.9 Å². The highest BCUT2D eigenvalue weighted by Crippen LogP contribution is 2.24. The average molecular weight is 595 g/mol. The Balaban J connectivity index is 1.35. The maximum absolute atomic E-state index is 2.55. The number of unbranched alkanes of at least 4 members (excludes halogenated alkanes) is 13. The summed E-state index contributed by atoms with van der Waals surface area (Å²) < 4.78 is 7.19. The third-order valence-corrected chi connectivity index (χ3v) is 9.12. The quantitative estimate of drug-likeness (QED) is 0.0780. The van der Waals surface area contributed by atoms with E-state index in [9.17, 15) is 0 Å². The maximum atomic E-state index is 2.55. The second-order valence-electron chi connectivity index (χ2n) is 12.9. The second-order valence-corrected chi connectivity index (χ2v) is 12.9. The van der Waals surface area contributed by atoms with Gasteiger partial charge in [-0.3, -0.25) is 0 Å². The van der Waals surface area contributed by atoms with Crippen LogP contribution in [0.25, 0.3) is 34.7 Å². The average Bonchev–Trinajstić information content (AvgIpc) is 3.31. The Bertz CT molecular complexity index is 1440. The van der Waals surface area contributed by atoms with Crippen LogP contribution in [0.2, 0.25) is 0 Å². The standard InChI is InChI=1S/C40H58N4/c1-6-7-8-9-10-11-12-13-14-15-16-17-18-21-31-44-38-23-20-19-22-37(38)43(5)40(44)39-33-35(30-32-42(39)4)25-24-34-26-28-36(29-27-34)41(2)3/h19-20,22-30,32-33H,6-18,21,31H2,1-5H3/q+2. The molecule has 2 aromatic heterocycles. The topological polar surface area (TPSA) is 15.9 Å². The molecule has 0 radical (unpaired) electrons. The molecule has 0 spiro atoms. The Morgan fingerprint density at radius 2 is 1.23 bits per heavy atom. The summed E-state index contributed by atoms with van der Waals surface area (Å²) >= 11 is 0. The monoisotopic (exact) mass is 594 g/mol. The Hall–Kier alpha value is -3.40. The predicted octanol–water partition coefficient (Wildman–Crippen LogP) is 9.68. The van der Waals surface area contributed by atoms with Crippen LogP contribution in [0.3, 0.4) is 0 Å². The van der Waals surface area contributed by atoms with E-state index < -0.39 is 0 Å².